The third-order valence-electron chi connectivity index (χ3n) is 4.45. The summed E-state index contributed by atoms with van der Waals surface area (Å²) in [5.74, 6) is -0.693. The predicted octanol–water partition coefficient (Wildman–Crippen LogP) is 0.106. The summed E-state index contributed by atoms with van der Waals surface area (Å²) < 4.78 is 27.5. The SMILES string of the molecule is CN(C)S(=O)(=O)c1cccc(NC(=O)Cn2c(=O)c(C#N)cn(C3CC3)c2=O)c1. The molecular formula is C18H19N5O5S. The highest BCUT2D eigenvalue weighted by molar-refractivity contribution is 7.89. The molecule has 1 saturated carbocycles. The number of hydrogen-bond donors (Lipinski definition) is 1. The quantitative estimate of drug-likeness (QED) is 0.709. The summed E-state index contributed by atoms with van der Waals surface area (Å²) in [6.45, 7) is -0.593. The highest BCUT2D eigenvalue weighted by atomic mass is 32.2. The van der Waals surface area contributed by atoms with E-state index < -0.39 is 33.7 Å². The third-order valence-corrected chi connectivity index (χ3v) is 6.27. The second kappa shape index (κ2) is 7.65. The van der Waals surface area contributed by atoms with Gasteiger partial charge in [0, 0.05) is 32.0 Å². The molecule has 11 heteroatoms. The van der Waals surface area contributed by atoms with Crippen molar-refractivity contribution in [1.29, 1.82) is 5.26 Å². The molecule has 1 fully saturated rings. The van der Waals surface area contributed by atoms with Crippen molar-refractivity contribution < 1.29 is 13.2 Å². The predicted molar refractivity (Wildman–Crippen MR) is 104 cm³/mol. The van der Waals surface area contributed by atoms with Gasteiger partial charge in [0.25, 0.3) is 5.56 Å². The molecule has 1 aromatic carbocycles. The lowest BCUT2D eigenvalue weighted by Crippen LogP contribution is -2.43. The van der Waals surface area contributed by atoms with Crippen molar-refractivity contribution in [3.8, 4) is 6.07 Å². The Morgan fingerprint density at radius 1 is 1.31 bits per heavy atom. The Bertz CT molecular complexity index is 1230. The van der Waals surface area contributed by atoms with Gasteiger partial charge in [-0.1, -0.05) is 6.07 Å². The molecule has 1 aliphatic carbocycles. The highest BCUT2D eigenvalue weighted by Crippen LogP contribution is 2.33. The first-order valence-corrected chi connectivity index (χ1v) is 10.2. The number of nitrogens with zero attached hydrogens (tertiary/aromatic N) is 4. The first kappa shape index (κ1) is 20.5. The largest absolute Gasteiger partial charge is 0.331 e. The van der Waals surface area contributed by atoms with Gasteiger partial charge in [-0.15, -0.1) is 0 Å². The van der Waals surface area contributed by atoms with E-state index in [9.17, 15) is 22.8 Å². The second-order valence-electron chi connectivity index (χ2n) is 6.83. The summed E-state index contributed by atoms with van der Waals surface area (Å²) in [7, 11) is -0.909. The van der Waals surface area contributed by atoms with E-state index in [2.05, 4.69) is 5.32 Å². The van der Waals surface area contributed by atoms with Crippen molar-refractivity contribution in [3.05, 3.63) is 56.9 Å². The number of nitrogens with one attached hydrogen (secondary N) is 1. The van der Waals surface area contributed by atoms with E-state index in [0.29, 0.717) is 4.57 Å². The summed E-state index contributed by atoms with van der Waals surface area (Å²) in [5.41, 5.74) is -1.52. The number of carbonyl (C=O) groups is 1. The number of rotatable bonds is 6. The van der Waals surface area contributed by atoms with Crippen molar-refractivity contribution in [2.24, 2.45) is 0 Å². The molecule has 1 amide bonds. The average Bonchev–Trinajstić information content (AvgIpc) is 3.50. The van der Waals surface area contributed by atoms with E-state index >= 15 is 0 Å². The molecular weight excluding hydrogens is 398 g/mol. The van der Waals surface area contributed by atoms with Gasteiger partial charge in [-0.2, -0.15) is 5.26 Å². The normalized spacial score (nSPS) is 13.9. The Labute approximate surface area is 166 Å². The summed E-state index contributed by atoms with van der Waals surface area (Å²) in [6.07, 6.45) is 2.76. The monoisotopic (exact) mass is 417 g/mol. The lowest BCUT2D eigenvalue weighted by Gasteiger charge is -2.13. The highest BCUT2D eigenvalue weighted by Gasteiger charge is 2.27. The van der Waals surface area contributed by atoms with Gasteiger partial charge in [-0.05, 0) is 31.0 Å². The number of nitriles is 1. The van der Waals surface area contributed by atoms with Crippen LogP contribution in [-0.4, -0.2) is 41.9 Å². The van der Waals surface area contributed by atoms with Crippen LogP contribution in [0.4, 0.5) is 5.69 Å². The van der Waals surface area contributed by atoms with Gasteiger partial charge in [-0.25, -0.2) is 22.1 Å². The van der Waals surface area contributed by atoms with Crippen LogP contribution in [-0.2, 0) is 21.4 Å². The van der Waals surface area contributed by atoms with Crippen molar-refractivity contribution >= 4 is 21.6 Å². The van der Waals surface area contributed by atoms with E-state index in [0.717, 1.165) is 17.1 Å². The maximum Gasteiger partial charge on any atom is 0.331 e. The van der Waals surface area contributed by atoms with Gasteiger partial charge in [0.05, 0.1) is 4.90 Å². The maximum absolute atomic E-state index is 12.5. The van der Waals surface area contributed by atoms with Crippen LogP contribution in [0.5, 0.6) is 0 Å². The number of amides is 1. The smallest absolute Gasteiger partial charge is 0.324 e. The Hall–Kier alpha value is -3.23. The first-order chi connectivity index (χ1) is 13.6. The van der Waals surface area contributed by atoms with E-state index in [4.69, 9.17) is 5.26 Å². The van der Waals surface area contributed by atoms with Gasteiger partial charge < -0.3 is 5.32 Å². The van der Waals surface area contributed by atoms with Gasteiger partial charge >= 0.3 is 5.69 Å². The van der Waals surface area contributed by atoms with Crippen LogP contribution in [0.15, 0.2) is 44.9 Å². The topological polar surface area (TPSA) is 134 Å². The number of sulfonamides is 1. The summed E-state index contributed by atoms with van der Waals surface area (Å²) >= 11 is 0. The molecule has 10 nitrogen and oxygen atoms in total. The fourth-order valence-electron chi connectivity index (χ4n) is 2.74. The molecule has 0 saturated heterocycles. The maximum atomic E-state index is 12.5. The zero-order chi connectivity index (χ0) is 21.3. The number of benzene rings is 1. The van der Waals surface area contributed by atoms with E-state index in [-0.39, 0.29) is 22.2 Å². The standard InChI is InChI=1S/C18H19N5O5S/c1-21(2)29(27,28)15-5-3-4-13(8-15)20-16(24)11-23-17(25)12(9-19)10-22(18(23)26)14-6-7-14/h3-5,8,10,14H,6-7,11H2,1-2H3,(H,20,24). The molecule has 0 aliphatic heterocycles. The van der Waals surface area contributed by atoms with Crippen LogP contribution in [0.3, 0.4) is 0 Å². The number of carbonyl (C=O) groups excluding carboxylic acids is 1. The van der Waals surface area contributed by atoms with Crippen LogP contribution in [0.2, 0.25) is 0 Å². The van der Waals surface area contributed by atoms with Crippen LogP contribution >= 0.6 is 0 Å². The Kier molecular flexibility index (Phi) is 5.41. The summed E-state index contributed by atoms with van der Waals surface area (Å²) in [6, 6.07) is 7.30. The van der Waals surface area contributed by atoms with Crippen molar-refractivity contribution in [3.63, 3.8) is 0 Å². The van der Waals surface area contributed by atoms with E-state index in [1.54, 1.807) is 6.07 Å². The number of aromatic nitrogens is 2. The molecule has 0 atom stereocenters. The molecule has 0 unspecified atom stereocenters. The Morgan fingerprint density at radius 2 is 2.00 bits per heavy atom. The molecule has 29 heavy (non-hydrogen) atoms. The Balaban J connectivity index is 1.88. The molecule has 0 bridgehead atoms. The first-order valence-electron chi connectivity index (χ1n) is 8.73. The molecule has 1 N–H and O–H groups in total. The van der Waals surface area contributed by atoms with Crippen LogP contribution < -0.4 is 16.6 Å². The second-order valence-corrected chi connectivity index (χ2v) is 8.98. The average molecular weight is 417 g/mol. The fraction of sp³-hybridized carbons (Fsp3) is 0.333. The molecule has 1 aliphatic rings. The van der Waals surface area contributed by atoms with Crippen LogP contribution in [0.25, 0.3) is 0 Å². The zero-order valence-electron chi connectivity index (χ0n) is 15.8. The lowest BCUT2D eigenvalue weighted by molar-refractivity contribution is -0.116. The van der Waals surface area contributed by atoms with Crippen molar-refractivity contribution in [1.82, 2.24) is 13.4 Å². The fourth-order valence-corrected chi connectivity index (χ4v) is 3.69. The third kappa shape index (κ3) is 4.13. The van der Waals surface area contributed by atoms with E-state index in [1.807, 2.05) is 0 Å². The minimum atomic E-state index is -3.69. The lowest BCUT2D eigenvalue weighted by atomic mass is 10.3. The summed E-state index contributed by atoms with van der Waals surface area (Å²) in [4.78, 5) is 37.3. The van der Waals surface area contributed by atoms with Gasteiger partial charge in [0.2, 0.25) is 15.9 Å². The number of anilines is 1. The molecule has 1 heterocycles. The summed E-state index contributed by atoms with van der Waals surface area (Å²) in [5, 5.41) is 11.6. The minimum Gasteiger partial charge on any atom is -0.324 e. The van der Waals surface area contributed by atoms with Crippen LogP contribution in [0.1, 0.15) is 24.4 Å². The van der Waals surface area contributed by atoms with Gasteiger partial charge in [0.1, 0.15) is 18.2 Å². The Morgan fingerprint density at radius 3 is 2.59 bits per heavy atom. The number of hydrogen-bond acceptors (Lipinski definition) is 6. The molecule has 0 radical (unpaired) electrons. The molecule has 152 valence electrons. The zero-order valence-corrected chi connectivity index (χ0v) is 16.6. The van der Waals surface area contributed by atoms with Gasteiger partial charge in [0.15, 0.2) is 0 Å². The van der Waals surface area contributed by atoms with E-state index in [1.165, 1.54) is 49.1 Å². The van der Waals surface area contributed by atoms with Crippen molar-refractivity contribution in [2.75, 3.05) is 19.4 Å². The van der Waals surface area contributed by atoms with Gasteiger partial charge in [-0.3, -0.25) is 14.2 Å². The van der Waals surface area contributed by atoms with Crippen molar-refractivity contribution in [2.45, 2.75) is 30.3 Å². The molecule has 1 aromatic heterocycles. The molecule has 2 aromatic rings. The minimum absolute atomic E-state index is 0.0139. The molecule has 3 rings (SSSR count). The van der Waals surface area contributed by atoms with Crippen LogP contribution in [0, 0.1) is 11.3 Å². The molecule has 0 spiro atoms.